The minimum Gasteiger partial charge on any atom is -0.368 e. The number of nitrogens with zero attached hydrogens (tertiary/aromatic N) is 1. The van der Waals surface area contributed by atoms with E-state index in [0.717, 1.165) is 0 Å². The highest BCUT2D eigenvalue weighted by molar-refractivity contribution is 6.21. The topological polar surface area (TPSA) is 92.5 Å². The molecule has 0 aromatic heterocycles. The van der Waals surface area contributed by atoms with Gasteiger partial charge in [0.25, 0.3) is 11.8 Å². The van der Waals surface area contributed by atoms with Crippen molar-refractivity contribution in [2.75, 3.05) is 6.54 Å². The van der Waals surface area contributed by atoms with E-state index in [2.05, 4.69) is 5.32 Å². The third-order valence-corrected chi connectivity index (χ3v) is 3.64. The van der Waals surface area contributed by atoms with Crippen LogP contribution in [0.15, 0.2) is 24.3 Å². The number of carbonyl (C=O) groups is 3. The lowest BCUT2D eigenvalue weighted by Crippen LogP contribution is -2.41. The quantitative estimate of drug-likeness (QED) is 0.700. The van der Waals surface area contributed by atoms with Crippen LogP contribution < -0.4 is 11.1 Å². The van der Waals surface area contributed by atoms with Crippen LogP contribution in [0.2, 0.25) is 0 Å². The van der Waals surface area contributed by atoms with Crippen molar-refractivity contribution in [1.82, 2.24) is 10.2 Å². The number of imide groups is 1. The van der Waals surface area contributed by atoms with Gasteiger partial charge in [0.1, 0.15) is 0 Å². The van der Waals surface area contributed by atoms with Gasteiger partial charge in [0.05, 0.1) is 23.2 Å². The van der Waals surface area contributed by atoms with Gasteiger partial charge >= 0.3 is 0 Å². The van der Waals surface area contributed by atoms with Crippen LogP contribution in [-0.4, -0.2) is 41.2 Å². The molecule has 1 saturated heterocycles. The summed E-state index contributed by atoms with van der Waals surface area (Å²) in [6.45, 7) is 0.402. The van der Waals surface area contributed by atoms with Crippen LogP contribution in [0.4, 0.5) is 0 Å². The number of fused-ring (bicyclic) bond motifs is 1. The summed E-state index contributed by atoms with van der Waals surface area (Å²) in [6, 6.07) is 5.95. The lowest BCUT2D eigenvalue weighted by atomic mass is 10.1. The third kappa shape index (κ3) is 1.72. The second-order valence-corrected chi connectivity index (χ2v) is 4.78. The molecule has 1 aromatic rings. The number of amides is 3. The molecule has 3 N–H and O–H groups in total. The Bertz CT molecular complexity index is 549. The predicted molar refractivity (Wildman–Crippen MR) is 66.3 cm³/mol. The van der Waals surface area contributed by atoms with Gasteiger partial charge in [0, 0.05) is 6.54 Å². The lowest BCUT2D eigenvalue weighted by molar-refractivity contribution is -0.119. The normalized spacial score (nSPS) is 25.8. The van der Waals surface area contributed by atoms with Crippen LogP contribution in [0.5, 0.6) is 0 Å². The smallest absolute Gasteiger partial charge is 0.261 e. The second kappa shape index (κ2) is 4.17. The first kappa shape index (κ1) is 11.9. The van der Waals surface area contributed by atoms with Crippen molar-refractivity contribution in [3.05, 3.63) is 35.4 Å². The van der Waals surface area contributed by atoms with E-state index in [4.69, 9.17) is 5.73 Å². The second-order valence-electron chi connectivity index (χ2n) is 4.78. The average Bonchev–Trinajstić information content (AvgIpc) is 2.96. The molecule has 0 aliphatic carbocycles. The molecule has 0 radical (unpaired) electrons. The summed E-state index contributed by atoms with van der Waals surface area (Å²) in [5, 5.41) is 2.93. The first-order valence-corrected chi connectivity index (χ1v) is 6.09. The number of rotatable bonds is 2. The zero-order valence-corrected chi connectivity index (χ0v) is 10.1. The fourth-order valence-electron chi connectivity index (χ4n) is 2.67. The van der Waals surface area contributed by atoms with E-state index in [-0.39, 0.29) is 17.9 Å². The Morgan fingerprint density at radius 2 is 1.79 bits per heavy atom. The molecule has 2 atom stereocenters. The van der Waals surface area contributed by atoms with Gasteiger partial charge in [-0.3, -0.25) is 19.3 Å². The number of nitrogens with one attached hydrogen (secondary N) is 1. The molecule has 2 heterocycles. The van der Waals surface area contributed by atoms with Crippen LogP contribution in [0.1, 0.15) is 27.1 Å². The van der Waals surface area contributed by atoms with E-state index in [1.54, 1.807) is 24.3 Å². The fourth-order valence-corrected chi connectivity index (χ4v) is 2.67. The molecule has 0 bridgehead atoms. The maximum absolute atomic E-state index is 12.2. The van der Waals surface area contributed by atoms with Crippen LogP contribution in [0.3, 0.4) is 0 Å². The number of benzene rings is 1. The summed E-state index contributed by atoms with van der Waals surface area (Å²) in [5.41, 5.74) is 6.07. The standard InChI is InChI=1S/C13H13N3O3/c14-11(17)10-5-7(6-15-10)16-12(18)8-3-1-2-4-9(8)13(16)19/h1-4,7,10,15H,5-6H2,(H2,14,17). The highest BCUT2D eigenvalue weighted by Crippen LogP contribution is 2.27. The lowest BCUT2D eigenvalue weighted by Gasteiger charge is -2.20. The monoisotopic (exact) mass is 259 g/mol. The zero-order chi connectivity index (χ0) is 13.6. The van der Waals surface area contributed by atoms with Crippen molar-refractivity contribution in [1.29, 1.82) is 0 Å². The predicted octanol–water partition coefficient (Wildman–Crippen LogP) is -0.502. The highest BCUT2D eigenvalue weighted by Gasteiger charge is 2.43. The molecular weight excluding hydrogens is 246 g/mol. The van der Waals surface area contributed by atoms with Crippen LogP contribution in [0.25, 0.3) is 0 Å². The maximum atomic E-state index is 12.2. The molecule has 6 heteroatoms. The van der Waals surface area contributed by atoms with Crippen molar-refractivity contribution in [2.24, 2.45) is 5.73 Å². The molecule has 2 unspecified atom stereocenters. The number of carbonyl (C=O) groups excluding carboxylic acids is 3. The molecule has 19 heavy (non-hydrogen) atoms. The molecule has 2 aliphatic heterocycles. The van der Waals surface area contributed by atoms with E-state index in [1.165, 1.54) is 4.90 Å². The van der Waals surface area contributed by atoms with E-state index < -0.39 is 11.9 Å². The molecule has 98 valence electrons. The molecular formula is C13H13N3O3. The summed E-state index contributed by atoms with van der Waals surface area (Å²) in [6.07, 6.45) is 0.376. The SMILES string of the molecule is NC(=O)C1CC(N2C(=O)c3ccccc3C2=O)CN1. The number of primary amides is 1. The van der Waals surface area contributed by atoms with Crippen LogP contribution >= 0.6 is 0 Å². The first-order chi connectivity index (χ1) is 9.09. The largest absolute Gasteiger partial charge is 0.368 e. The van der Waals surface area contributed by atoms with E-state index >= 15 is 0 Å². The van der Waals surface area contributed by atoms with Gasteiger partial charge in [-0.25, -0.2) is 0 Å². The van der Waals surface area contributed by atoms with Gasteiger partial charge in [-0.05, 0) is 18.6 Å². The molecule has 3 rings (SSSR count). The van der Waals surface area contributed by atoms with Gasteiger partial charge in [-0.15, -0.1) is 0 Å². The maximum Gasteiger partial charge on any atom is 0.261 e. The molecule has 3 amide bonds. The fraction of sp³-hybridized carbons (Fsp3) is 0.308. The van der Waals surface area contributed by atoms with Gasteiger partial charge < -0.3 is 11.1 Å². The molecule has 0 spiro atoms. The summed E-state index contributed by atoms with van der Waals surface area (Å²) in [4.78, 5) is 36.8. The van der Waals surface area contributed by atoms with Gasteiger partial charge in [-0.2, -0.15) is 0 Å². The van der Waals surface area contributed by atoms with Crippen molar-refractivity contribution >= 4 is 17.7 Å². The minimum absolute atomic E-state index is 0.294. The summed E-state index contributed by atoms with van der Waals surface area (Å²) in [5.74, 6) is -1.05. The molecule has 1 aromatic carbocycles. The summed E-state index contributed by atoms with van der Waals surface area (Å²) >= 11 is 0. The number of hydrogen-bond acceptors (Lipinski definition) is 4. The van der Waals surface area contributed by atoms with E-state index in [0.29, 0.717) is 24.1 Å². The molecule has 2 aliphatic rings. The Labute approximate surface area is 109 Å². The van der Waals surface area contributed by atoms with Crippen molar-refractivity contribution in [3.8, 4) is 0 Å². The number of nitrogens with two attached hydrogens (primary N) is 1. The Morgan fingerprint density at radius 3 is 2.26 bits per heavy atom. The summed E-state index contributed by atoms with van der Waals surface area (Å²) in [7, 11) is 0. The zero-order valence-electron chi connectivity index (χ0n) is 10.1. The Balaban J connectivity index is 1.87. The van der Waals surface area contributed by atoms with E-state index in [9.17, 15) is 14.4 Å². The van der Waals surface area contributed by atoms with Crippen LogP contribution in [0, 0.1) is 0 Å². The van der Waals surface area contributed by atoms with Crippen molar-refractivity contribution in [2.45, 2.75) is 18.5 Å². The van der Waals surface area contributed by atoms with Crippen molar-refractivity contribution in [3.63, 3.8) is 0 Å². The average molecular weight is 259 g/mol. The highest BCUT2D eigenvalue weighted by atomic mass is 16.2. The first-order valence-electron chi connectivity index (χ1n) is 6.09. The molecule has 0 saturated carbocycles. The van der Waals surface area contributed by atoms with E-state index in [1.807, 2.05) is 0 Å². The Hall–Kier alpha value is -2.21. The van der Waals surface area contributed by atoms with Gasteiger partial charge in [0.15, 0.2) is 0 Å². The molecule has 6 nitrogen and oxygen atoms in total. The summed E-state index contributed by atoms with van der Waals surface area (Å²) < 4.78 is 0. The number of hydrogen-bond donors (Lipinski definition) is 2. The molecule has 1 fully saturated rings. The Morgan fingerprint density at radius 1 is 1.21 bits per heavy atom. The van der Waals surface area contributed by atoms with Crippen LogP contribution in [-0.2, 0) is 4.79 Å². The third-order valence-electron chi connectivity index (χ3n) is 3.64. The minimum atomic E-state index is -0.477. The van der Waals surface area contributed by atoms with Gasteiger partial charge in [-0.1, -0.05) is 12.1 Å². The van der Waals surface area contributed by atoms with Crippen molar-refractivity contribution < 1.29 is 14.4 Å². The Kier molecular flexibility index (Phi) is 2.60. The van der Waals surface area contributed by atoms with Gasteiger partial charge in [0.2, 0.25) is 5.91 Å².